The second kappa shape index (κ2) is 4.75. The molecule has 0 spiro atoms. The van der Waals surface area contributed by atoms with E-state index in [1.807, 2.05) is 31.2 Å². The topological polar surface area (TPSA) is 29.1 Å². The minimum Gasteiger partial charge on any atom is -0.326 e. The number of rotatable bonds is 3. The van der Waals surface area contributed by atoms with Crippen LogP contribution in [0.2, 0.25) is 0 Å². The molecule has 0 radical (unpaired) electrons. The molecule has 1 N–H and O–H groups in total. The maximum Gasteiger partial charge on any atom is 0.224 e. The number of anilines is 1. The first kappa shape index (κ1) is 11.8. The van der Waals surface area contributed by atoms with E-state index >= 15 is 0 Å². The van der Waals surface area contributed by atoms with Gasteiger partial charge in [0.1, 0.15) is 0 Å². The molecule has 1 aromatic rings. The zero-order valence-electron chi connectivity index (χ0n) is 11.0. The van der Waals surface area contributed by atoms with Gasteiger partial charge in [0.2, 0.25) is 5.91 Å². The van der Waals surface area contributed by atoms with Crippen LogP contribution in [0.1, 0.15) is 37.7 Å². The normalized spacial score (nSPS) is 29.5. The molecule has 96 valence electrons. The lowest BCUT2D eigenvalue weighted by molar-refractivity contribution is -0.117. The maximum absolute atomic E-state index is 12.1. The lowest BCUT2D eigenvalue weighted by Gasteiger charge is -2.21. The van der Waals surface area contributed by atoms with Crippen LogP contribution in [-0.2, 0) is 4.79 Å². The SMILES string of the molecule is Cc1ccccc1NC(=O)CC1CC2CCC1C2. The minimum atomic E-state index is 0.196. The van der Waals surface area contributed by atoms with E-state index in [1.54, 1.807) is 0 Å². The number of carbonyl (C=O) groups is 1. The molecular formula is C16H21NO. The molecule has 3 rings (SSSR count). The molecule has 0 aliphatic heterocycles. The molecule has 0 aromatic heterocycles. The number of benzene rings is 1. The van der Waals surface area contributed by atoms with Gasteiger partial charge in [-0.05, 0) is 55.6 Å². The Balaban J connectivity index is 1.58. The molecule has 2 aliphatic carbocycles. The van der Waals surface area contributed by atoms with Gasteiger partial charge in [0, 0.05) is 12.1 Å². The van der Waals surface area contributed by atoms with E-state index in [0.717, 1.165) is 29.5 Å². The standard InChI is InChI=1S/C16H21NO/c1-11-4-2-3-5-15(11)17-16(18)10-14-9-12-6-7-13(14)8-12/h2-5,12-14H,6-10H2,1H3,(H,17,18). The van der Waals surface area contributed by atoms with E-state index in [1.165, 1.54) is 25.7 Å². The average Bonchev–Trinajstić information content (AvgIpc) is 2.94. The van der Waals surface area contributed by atoms with E-state index in [4.69, 9.17) is 0 Å². The quantitative estimate of drug-likeness (QED) is 0.860. The summed E-state index contributed by atoms with van der Waals surface area (Å²) in [6.45, 7) is 2.03. The average molecular weight is 243 g/mol. The molecule has 2 saturated carbocycles. The predicted molar refractivity (Wildman–Crippen MR) is 73.4 cm³/mol. The fraction of sp³-hybridized carbons (Fsp3) is 0.562. The summed E-state index contributed by atoms with van der Waals surface area (Å²) in [7, 11) is 0. The van der Waals surface area contributed by atoms with Crippen molar-refractivity contribution in [2.24, 2.45) is 17.8 Å². The summed E-state index contributed by atoms with van der Waals surface area (Å²) in [6, 6.07) is 7.99. The van der Waals surface area contributed by atoms with E-state index in [2.05, 4.69) is 5.32 Å². The Labute approximate surface area is 109 Å². The number of hydrogen-bond acceptors (Lipinski definition) is 1. The largest absolute Gasteiger partial charge is 0.326 e. The van der Waals surface area contributed by atoms with Crippen LogP contribution in [0.25, 0.3) is 0 Å². The van der Waals surface area contributed by atoms with Gasteiger partial charge in [0.25, 0.3) is 0 Å². The highest BCUT2D eigenvalue weighted by Crippen LogP contribution is 2.49. The Morgan fingerprint density at radius 3 is 2.78 bits per heavy atom. The van der Waals surface area contributed by atoms with Crippen molar-refractivity contribution in [3.8, 4) is 0 Å². The van der Waals surface area contributed by atoms with Crippen molar-refractivity contribution in [1.82, 2.24) is 0 Å². The van der Waals surface area contributed by atoms with Gasteiger partial charge < -0.3 is 5.32 Å². The summed E-state index contributed by atoms with van der Waals surface area (Å²) in [6.07, 6.45) is 6.14. The Hall–Kier alpha value is -1.31. The van der Waals surface area contributed by atoms with Gasteiger partial charge in [-0.15, -0.1) is 0 Å². The van der Waals surface area contributed by atoms with Crippen molar-refractivity contribution < 1.29 is 4.79 Å². The van der Waals surface area contributed by atoms with Crippen LogP contribution < -0.4 is 5.32 Å². The van der Waals surface area contributed by atoms with Gasteiger partial charge >= 0.3 is 0 Å². The molecule has 1 aromatic carbocycles. The molecule has 2 bridgehead atoms. The van der Waals surface area contributed by atoms with Gasteiger partial charge in [-0.25, -0.2) is 0 Å². The summed E-state index contributed by atoms with van der Waals surface area (Å²) in [5.74, 6) is 2.60. The van der Waals surface area contributed by atoms with Crippen LogP contribution in [-0.4, -0.2) is 5.91 Å². The van der Waals surface area contributed by atoms with Crippen LogP contribution in [0.15, 0.2) is 24.3 Å². The maximum atomic E-state index is 12.1. The van der Waals surface area contributed by atoms with E-state index in [-0.39, 0.29) is 5.91 Å². The molecule has 0 saturated heterocycles. The summed E-state index contributed by atoms with van der Waals surface area (Å²) in [5.41, 5.74) is 2.10. The number of amides is 1. The van der Waals surface area contributed by atoms with Crippen LogP contribution in [0, 0.1) is 24.7 Å². The first-order valence-corrected chi connectivity index (χ1v) is 7.08. The Bertz CT molecular complexity index is 454. The first-order valence-electron chi connectivity index (χ1n) is 7.08. The van der Waals surface area contributed by atoms with E-state index in [9.17, 15) is 4.79 Å². The predicted octanol–water partition coefficient (Wildman–Crippen LogP) is 3.76. The van der Waals surface area contributed by atoms with Crippen LogP contribution in [0.3, 0.4) is 0 Å². The van der Waals surface area contributed by atoms with Crippen molar-refractivity contribution >= 4 is 11.6 Å². The molecule has 2 heteroatoms. The fourth-order valence-electron chi connectivity index (χ4n) is 3.78. The van der Waals surface area contributed by atoms with Gasteiger partial charge in [-0.1, -0.05) is 24.6 Å². The van der Waals surface area contributed by atoms with Gasteiger partial charge in [-0.2, -0.15) is 0 Å². The van der Waals surface area contributed by atoms with Gasteiger partial charge in [0.05, 0.1) is 0 Å². The van der Waals surface area contributed by atoms with Crippen LogP contribution in [0.5, 0.6) is 0 Å². The number of nitrogens with one attached hydrogen (secondary N) is 1. The van der Waals surface area contributed by atoms with Crippen LogP contribution >= 0.6 is 0 Å². The molecule has 1 amide bonds. The van der Waals surface area contributed by atoms with Crippen molar-refractivity contribution in [3.63, 3.8) is 0 Å². The molecule has 2 fully saturated rings. The zero-order valence-corrected chi connectivity index (χ0v) is 11.0. The van der Waals surface area contributed by atoms with E-state index < -0.39 is 0 Å². The summed E-state index contributed by atoms with van der Waals surface area (Å²) >= 11 is 0. The third-order valence-corrected chi connectivity index (χ3v) is 4.75. The number of carbonyl (C=O) groups excluding carboxylic acids is 1. The number of fused-ring (bicyclic) bond motifs is 2. The summed E-state index contributed by atoms with van der Waals surface area (Å²) < 4.78 is 0. The lowest BCUT2D eigenvalue weighted by Crippen LogP contribution is -2.20. The zero-order chi connectivity index (χ0) is 12.5. The third-order valence-electron chi connectivity index (χ3n) is 4.75. The summed E-state index contributed by atoms with van der Waals surface area (Å²) in [5, 5.41) is 3.06. The molecule has 18 heavy (non-hydrogen) atoms. The number of aryl methyl sites for hydroxylation is 1. The Morgan fingerprint density at radius 2 is 2.11 bits per heavy atom. The smallest absolute Gasteiger partial charge is 0.224 e. The van der Waals surface area contributed by atoms with Crippen molar-refractivity contribution in [2.45, 2.75) is 39.0 Å². The molecule has 2 aliphatic rings. The lowest BCUT2D eigenvalue weighted by atomic mass is 9.86. The third kappa shape index (κ3) is 2.29. The van der Waals surface area contributed by atoms with Crippen LogP contribution in [0.4, 0.5) is 5.69 Å². The Kier molecular flexibility index (Phi) is 3.11. The molecule has 0 heterocycles. The first-order chi connectivity index (χ1) is 8.72. The number of para-hydroxylation sites is 1. The molecule has 3 atom stereocenters. The van der Waals surface area contributed by atoms with Gasteiger partial charge in [-0.3, -0.25) is 4.79 Å². The summed E-state index contributed by atoms with van der Waals surface area (Å²) in [4.78, 5) is 12.1. The van der Waals surface area contributed by atoms with Gasteiger partial charge in [0.15, 0.2) is 0 Å². The molecular weight excluding hydrogens is 222 g/mol. The monoisotopic (exact) mass is 243 g/mol. The second-order valence-electron chi connectivity index (χ2n) is 6.00. The molecule has 3 unspecified atom stereocenters. The highest BCUT2D eigenvalue weighted by molar-refractivity contribution is 5.91. The van der Waals surface area contributed by atoms with Crippen molar-refractivity contribution in [3.05, 3.63) is 29.8 Å². The minimum absolute atomic E-state index is 0.196. The fourth-order valence-corrected chi connectivity index (χ4v) is 3.78. The van der Waals surface area contributed by atoms with Crippen molar-refractivity contribution in [1.29, 1.82) is 0 Å². The Morgan fingerprint density at radius 1 is 1.28 bits per heavy atom. The highest BCUT2D eigenvalue weighted by Gasteiger charge is 2.40. The van der Waals surface area contributed by atoms with Crippen molar-refractivity contribution in [2.75, 3.05) is 5.32 Å². The number of hydrogen-bond donors (Lipinski definition) is 1. The van der Waals surface area contributed by atoms with E-state index in [0.29, 0.717) is 5.92 Å². The molecule has 2 nitrogen and oxygen atoms in total. The second-order valence-corrected chi connectivity index (χ2v) is 6.00. The highest BCUT2D eigenvalue weighted by atomic mass is 16.1.